The number of nitrogens with one attached hydrogen (secondary N) is 1. The number of ether oxygens (including phenoxy) is 1. The van der Waals surface area contributed by atoms with Crippen LogP contribution in [0.1, 0.15) is 41.4 Å². The number of methoxy groups -OCH3 is 1. The largest absolute Gasteiger partial charge is 0.497 e. The van der Waals surface area contributed by atoms with E-state index in [-0.39, 0.29) is 31.0 Å². The molecule has 1 atom stereocenters. The number of fused-ring (bicyclic) bond motifs is 1. The van der Waals surface area contributed by atoms with Gasteiger partial charge >= 0.3 is 5.97 Å². The van der Waals surface area contributed by atoms with Crippen LogP contribution in [0.2, 0.25) is 5.02 Å². The molecule has 0 aliphatic rings. The van der Waals surface area contributed by atoms with Gasteiger partial charge in [0.1, 0.15) is 17.6 Å². The van der Waals surface area contributed by atoms with Crippen molar-refractivity contribution in [2.75, 3.05) is 7.11 Å². The van der Waals surface area contributed by atoms with E-state index in [1.807, 2.05) is 0 Å². The molecule has 3 aromatic rings. The lowest BCUT2D eigenvalue weighted by Crippen LogP contribution is -2.41. The molecule has 0 saturated carbocycles. The summed E-state index contributed by atoms with van der Waals surface area (Å²) < 4.78 is 6.84. The van der Waals surface area contributed by atoms with Crippen molar-refractivity contribution in [2.45, 2.75) is 39.2 Å². The first kappa shape index (κ1) is 25.0. The topological polar surface area (TPSA) is 115 Å². The number of amides is 1. The summed E-state index contributed by atoms with van der Waals surface area (Å²) >= 11 is 5.95. The molecule has 0 fully saturated rings. The smallest absolute Gasteiger partial charge is 0.326 e. The fourth-order valence-electron chi connectivity index (χ4n) is 3.81. The van der Waals surface area contributed by atoms with Gasteiger partial charge in [-0.05, 0) is 68.3 Å². The van der Waals surface area contributed by atoms with E-state index in [2.05, 4.69) is 5.32 Å². The van der Waals surface area contributed by atoms with Gasteiger partial charge < -0.3 is 20.0 Å². The predicted octanol–water partition coefficient (Wildman–Crippen LogP) is 3.78. The lowest BCUT2D eigenvalue weighted by Gasteiger charge is -2.14. The zero-order chi connectivity index (χ0) is 25.0. The Morgan fingerprint density at radius 3 is 2.38 bits per heavy atom. The van der Waals surface area contributed by atoms with Crippen LogP contribution in [0.15, 0.2) is 42.5 Å². The maximum Gasteiger partial charge on any atom is 0.326 e. The number of carboxylic acid groups (broad SMARTS) is 1. The molecule has 2 aromatic carbocycles. The third-order valence-electron chi connectivity index (χ3n) is 5.59. The average Bonchev–Trinajstić information content (AvgIpc) is 3.06. The summed E-state index contributed by atoms with van der Waals surface area (Å²) in [7, 11) is 1.52. The fraction of sp³-hybridized carbons (Fsp3) is 0.280. The second kappa shape index (κ2) is 10.5. The van der Waals surface area contributed by atoms with Gasteiger partial charge in [0.05, 0.1) is 19.0 Å². The van der Waals surface area contributed by atoms with Gasteiger partial charge in [-0.15, -0.1) is 0 Å². The van der Waals surface area contributed by atoms with Crippen molar-refractivity contribution in [1.29, 1.82) is 0 Å². The van der Waals surface area contributed by atoms with Crippen LogP contribution in [-0.2, 0) is 20.8 Å². The van der Waals surface area contributed by atoms with E-state index in [1.165, 1.54) is 18.6 Å². The third kappa shape index (κ3) is 5.46. The minimum Gasteiger partial charge on any atom is -0.497 e. The Morgan fingerprint density at radius 1 is 1.12 bits per heavy atom. The van der Waals surface area contributed by atoms with Gasteiger partial charge in [0, 0.05) is 28.1 Å². The van der Waals surface area contributed by atoms with E-state index in [9.17, 15) is 24.3 Å². The summed E-state index contributed by atoms with van der Waals surface area (Å²) in [6, 6.07) is 10.5. The zero-order valence-corrected chi connectivity index (χ0v) is 19.8. The monoisotopic (exact) mass is 484 g/mol. The summed E-state index contributed by atoms with van der Waals surface area (Å²) in [5, 5.41) is 13.1. The highest BCUT2D eigenvalue weighted by molar-refractivity contribution is 6.30. The zero-order valence-electron chi connectivity index (χ0n) is 19.1. The van der Waals surface area contributed by atoms with Gasteiger partial charge in [-0.3, -0.25) is 14.2 Å². The van der Waals surface area contributed by atoms with Crippen LogP contribution < -0.4 is 10.1 Å². The van der Waals surface area contributed by atoms with Crippen LogP contribution in [0.25, 0.3) is 10.9 Å². The summed E-state index contributed by atoms with van der Waals surface area (Å²) in [5.74, 6) is -1.64. The molecule has 8 nitrogen and oxygen atoms in total. The Hall–Kier alpha value is -3.65. The minimum atomic E-state index is -1.21. The number of aliphatic carboxylic acids is 1. The van der Waals surface area contributed by atoms with E-state index < -0.39 is 17.9 Å². The van der Waals surface area contributed by atoms with E-state index in [0.29, 0.717) is 38.5 Å². The molecule has 0 aliphatic carbocycles. The number of carboxylic acids is 1. The molecule has 1 aromatic heterocycles. The van der Waals surface area contributed by atoms with Crippen molar-refractivity contribution in [1.82, 2.24) is 9.88 Å². The normalized spacial score (nSPS) is 11.8. The summed E-state index contributed by atoms with van der Waals surface area (Å²) in [4.78, 5) is 48.9. The number of ketones is 1. The molecule has 0 spiro atoms. The number of halogens is 1. The number of hydrogen-bond donors (Lipinski definition) is 2. The standard InChI is InChI=1S/C25H25ClN2O6/c1-14(29)4-10-21(25(32)33)27-23(30)13-19-15(2)28(22-11-9-18(34-3)12-20(19)22)24(31)16-5-7-17(26)8-6-16/h5-9,11-12,21H,4,10,13H2,1-3H3,(H,27,30)(H,32,33). The maximum absolute atomic E-state index is 13.3. The average molecular weight is 485 g/mol. The SMILES string of the molecule is COc1ccc2c(c1)c(CC(=O)NC(CCC(C)=O)C(=O)O)c(C)n2C(=O)c1ccc(Cl)cc1. The number of carbonyl (C=O) groups is 4. The Balaban J connectivity index is 1.99. The first-order valence-corrected chi connectivity index (χ1v) is 11.0. The number of Topliss-reactive ketones (excluding diaryl/α,β-unsaturated/α-hetero) is 1. The highest BCUT2D eigenvalue weighted by Gasteiger charge is 2.25. The summed E-state index contributed by atoms with van der Waals surface area (Å²) in [6.45, 7) is 3.09. The lowest BCUT2D eigenvalue weighted by atomic mass is 10.1. The van der Waals surface area contributed by atoms with Crippen LogP contribution in [0.4, 0.5) is 0 Å². The summed E-state index contributed by atoms with van der Waals surface area (Å²) in [6.07, 6.45) is -0.108. The second-order valence-electron chi connectivity index (χ2n) is 7.97. The van der Waals surface area contributed by atoms with E-state index in [0.717, 1.165) is 0 Å². The molecule has 0 bridgehead atoms. The molecule has 3 rings (SSSR count). The quantitative estimate of drug-likeness (QED) is 0.477. The highest BCUT2D eigenvalue weighted by atomic mass is 35.5. The fourth-order valence-corrected chi connectivity index (χ4v) is 3.93. The molecule has 1 amide bonds. The molecule has 1 heterocycles. The van der Waals surface area contributed by atoms with Crippen LogP contribution in [0.5, 0.6) is 5.75 Å². The molecular weight excluding hydrogens is 460 g/mol. The van der Waals surface area contributed by atoms with Crippen LogP contribution in [-0.4, -0.2) is 46.4 Å². The number of rotatable bonds is 9. The van der Waals surface area contributed by atoms with Crippen LogP contribution in [0, 0.1) is 6.92 Å². The molecule has 9 heteroatoms. The Kier molecular flexibility index (Phi) is 7.73. The van der Waals surface area contributed by atoms with Crippen molar-refractivity contribution in [3.63, 3.8) is 0 Å². The molecule has 0 aliphatic heterocycles. The number of hydrogen-bond acceptors (Lipinski definition) is 5. The first-order valence-electron chi connectivity index (χ1n) is 10.6. The number of aromatic nitrogens is 1. The summed E-state index contributed by atoms with van der Waals surface area (Å²) in [5.41, 5.74) is 2.14. The van der Waals surface area contributed by atoms with Gasteiger partial charge in [0.15, 0.2) is 0 Å². The second-order valence-corrected chi connectivity index (χ2v) is 8.41. The molecule has 0 saturated heterocycles. The molecule has 2 N–H and O–H groups in total. The molecule has 0 radical (unpaired) electrons. The molecule has 1 unspecified atom stereocenters. The number of benzene rings is 2. The van der Waals surface area contributed by atoms with Crippen molar-refractivity contribution in [3.8, 4) is 5.75 Å². The lowest BCUT2D eigenvalue weighted by molar-refractivity contribution is -0.142. The van der Waals surface area contributed by atoms with Crippen LogP contribution in [0.3, 0.4) is 0 Å². The number of carbonyl (C=O) groups excluding carboxylic acids is 3. The Bertz CT molecular complexity index is 1260. The molecular formula is C25H25ClN2O6. The highest BCUT2D eigenvalue weighted by Crippen LogP contribution is 2.31. The van der Waals surface area contributed by atoms with Crippen molar-refractivity contribution < 1.29 is 29.0 Å². The van der Waals surface area contributed by atoms with Gasteiger partial charge in [-0.2, -0.15) is 0 Å². The maximum atomic E-state index is 13.3. The van der Waals surface area contributed by atoms with Crippen molar-refractivity contribution in [2.24, 2.45) is 0 Å². The van der Waals surface area contributed by atoms with Gasteiger partial charge in [0.2, 0.25) is 5.91 Å². The van der Waals surface area contributed by atoms with E-state index in [1.54, 1.807) is 49.4 Å². The van der Waals surface area contributed by atoms with Gasteiger partial charge in [0.25, 0.3) is 5.91 Å². The van der Waals surface area contributed by atoms with Crippen LogP contribution >= 0.6 is 11.6 Å². The third-order valence-corrected chi connectivity index (χ3v) is 5.84. The van der Waals surface area contributed by atoms with E-state index >= 15 is 0 Å². The van der Waals surface area contributed by atoms with Crippen molar-refractivity contribution >= 4 is 46.1 Å². The predicted molar refractivity (Wildman–Crippen MR) is 128 cm³/mol. The first-order chi connectivity index (χ1) is 16.1. The molecule has 34 heavy (non-hydrogen) atoms. The Labute approximate surface area is 201 Å². The number of nitrogens with zero attached hydrogens (tertiary/aromatic N) is 1. The Morgan fingerprint density at radius 2 is 1.79 bits per heavy atom. The van der Waals surface area contributed by atoms with Gasteiger partial charge in [-0.25, -0.2) is 4.79 Å². The van der Waals surface area contributed by atoms with Crippen molar-refractivity contribution in [3.05, 3.63) is 64.3 Å². The molecule has 178 valence electrons. The van der Waals surface area contributed by atoms with Gasteiger partial charge in [-0.1, -0.05) is 11.6 Å². The minimum absolute atomic E-state index is 0.0000238. The van der Waals surface area contributed by atoms with E-state index in [4.69, 9.17) is 16.3 Å².